The Labute approximate surface area is 168 Å². The van der Waals surface area contributed by atoms with E-state index in [-0.39, 0.29) is 50.4 Å². The molecule has 2 amide bonds. The number of amides is 2. The molecule has 0 spiro atoms. The average Bonchev–Trinajstić information content (AvgIpc) is 2.92. The fraction of sp³-hybridized carbons (Fsp3) is 0.400. The molecule has 1 unspecified atom stereocenters. The summed E-state index contributed by atoms with van der Waals surface area (Å²) in [5.74, 6) is -2.15. The molecule has 0 bridgehead atoms. The first-order valence-electron chi connectivity index (χ1n) is 6.13. The Hall–Kier alpha value is -1.29. The zero-order valence-corrected chi connectivity index (χ0v) is 17.0. The molecule has 132 valence electrons. The fourth-order valence-electron chi connectivity index (χ4n) is 1.86. The van der Waals surface area contributed by atoms with Gasteiger partial charge in [-0.15, -0.1) is 11.3 Å². The van der Waals surface area contributed by atoms with E-state index in [9.17, 15) is 22.6 Å². The van der Waals surface area contributed by atoms with E-state index >= 15 is 0 Å². The molecule has 1 fully saturated rings. The van der Waals surface area contributed by atoms with E-state index in [1.54, 1.807) is 0 Å². The van der Waals surface area contributed by atoms with Gasteiger partial charge in [0.15, 0.2) is 21.1 Å². The van der Waals surface area contributed by atoms with Gasteiger partial charge in [0.1, 0.15) is 12.8 Å². The summed E-state index contributed by atoms with van der Waals surface area (Å²) in [7, 11) is -2.73. The summed E-state index contributed by atoms with van der Waals surface area (Å²) in [5.41, 5.74) is 3.27. The Kier molecular flexibility index (Phi) is 6.91. The van der Waals surface area contributed by atoms with Gasteiger partial charge in [0.05, 0.1) is 6.54 Å². The van der Waals surface area contributed by atoms with Crippen LogP contribution in [0.15, 0.2) is 10.5 Å². The molecule has 1 aromatic rings. The summed E-state index contributed by atoms with van der Waals surface area (Å²) in [6, 6.07) is 0. The van der Waals surface area contributed by atoms with Gasteiger partial charge in [-0.2, -0.15) is 0 Å². The molecular weight excluding hydrogens is 389 g/mol. The van der Waals surface area contributed by atoms with Crippen molar-refractivity contribution in [1.82, 2.24) is 14.6 Å². The number of nitrogens with two attached hydrogens (primary N) is 1. The number of anilines is 1. The van der Waals surface area contributed by atoms with Gasteiger partial charge in [0, 0.05) is 12.5 Å². The third-order valence-corrected chi connectivity index (χ3v) is 4.54. The van der Waals surface area contributed by atoms with Crippen LogP contribution in [0, 0.1) is 0 Å². The number of rotatable bonds is 6. The van der Waals surface area contributed by atoms with Gasteiger partial charge in [-0.25, -0.2) is 17.7 Å². The van der Waals surface area contributed by atoms with Crippen molar-refractivity contribution in [2.45, 2.75) is 5.72 Å². The number of ether oxygens (including phenoxy) is 1. The number of aromatic nitrogens is 1. The number of hydrogen-bond acceptors (Lipinski definition) is 11. The number of nitrogens with zero attached hydrogens (tertiary/aromatic N) is 3. The molecule has 2 rings (SSSR count). The first-order chi connectivity index (χ1) is 11.1. The van der Waals surface area contributed by atoms with Crippen LogP contribution in [0.25, 0.3) is 0 Å². The molecule has 3 N–H and O–H groups in total. The van der Waals surface area contributed by atoms with Crippen molar-refractivity contribution in [2.24, 2.45) is 5.16 Å². The van der Waals surface area contributed by atoms with Crippen LogP contribution in [0.4, 0.5) is 5.13 Å². The maximum atomic E-state index is 12.3. The van der Waals surface area contributed by atoms with Crippen molar-refractivity contribution < 1.29 is 61.7 Å². The fourth-order valence-corrected chi connectivity index (χ4v) is 3.10. The van der Waals surface area contributed by atoms with Crippen molar-refractivity contribution >= 4 is 44.3 Å². The largest absolute Gasteiger partial charge is 1.00 e. The SMILES string of the molecule is CON=C(C(=O)NC1(OC)CN(S(=O)(=O)[O-])C1=O)c1csc(N)n1.[Na+]. The van der Waals surface area contributed by atoms with Crippen LogP contribution in [0.5, 0.6) is 0 Å². The summed E-state index contributed by atoms with van der Waals surface area (Å²) >= 11 is 1.05. The van der Waals surface area contributed by atoms with Gasteiger partial charge in [-0.05, 0) is 0 Å². The first-order valence-corrected chi connectivity index (χ1v) is 8.37. The Morgan fingerprint density at radius 2 is 2.20 bits per heavy atom. The summed E-state index contributed by atoms with van der Waals surface area (Å²) in [4.78, 5) is 32.7. The van der Waals surface area contributed by atoms with Crippen LogP contribution in [0.1, 0.15) is 5.69 Å². The molecule has 0 aliphatic carbocycles. The number of methoxy groups -OCH3 is 1. The first kappa shape index (κ1) is 21.8. The number of carbonyl (C=O) groups is 2. The molecule has 1 aliphatic heterocycles. The molecule has 2 heterocycles. The molecule has 0 aromatic carbocycles. The smallest absolute Gasteiger partial charge is 0.731 e. The van der Waals surface area contributed by atoms with Crippen LogP contribution in [-0.4, -0.2) is 66.3 Å². The topological polar surface area (TPSA) is 176 Å². The summed E-state index contributed by atoms with van der Waals surface area (Å²) in [6.45, 7) is -0.667. The standard InChI is InChI=1S/C10H13N5O7S2.Na/c1-21-10(4-15(8(10)17)24(18,19)20)13-7(16)6(14-22-2)5-3-23-9(11)12-5;/h3H,4H2,1-2H3,(H2,11,12)(H,13,16)(H,18,19,20);/q;+1/p-1. The third-order valence-electron chi connectivity index (χ3n) is 3.03. The molecule has 12 nitrogen and oxygen atoms in total. The van der Waals surface area contributed by atoms with E-state index in [4.69, 9.17) is 10.5 Å². The van der Waals surface area contributed by atoms with Crippen molar-refractivity contribution in [3.63, 3.8) is 0 Å². The predicted octanol–water partition coefficient (Wildman–Crippen LogP) is -5.16. The van der Waals surface area contributed by atoms with Gasteiger partial charge < -0.3 is 25.2 Å². The van der Waals surface area contributed by atoms with E-state index in [0.717, 1.165) is 18.4 Å². The number of carbonyl (C=O) groups excluding carboxylic acids is 2. The predicted molar refractivity (Wildman–Crippen MR) is 79.4 cm³/mol. The molecule has 1 atom stereocenters. The molecule has 1 aromatic heterocycles. The summed E-state index contributed by atoms with van der Waals surface area (Å²) < 4.78 is 37.6. The molecule has 0 saturated carbocycles. The Bertz CT molecular complexity index is 810. The molecule has 25 heavy (non-hydrogen) atoms. The number of oxime groups is 1. The number of nitrogen functional groups attached to an aromatic ring is 1. The van der Waals surface area contributed by atoms with Crippen molar-refractivity contribution in [3.05, 3.63) is 11.1 Å². The zero-order valence-electron chi connectivity index (χ0n) is 13.4. The van der Waals surface area contributed by atoms with Gasteiger partial charge in [0.25, 0.3) is 11.8 Å². The molecule has 1 saturated heterocycles. The van der Waals surface area contributed by atoms with Crippen LogP contribution < -0.4 is 40.6 Å². The number of nitrogens with one attached hydrogen (secondary N) is 1. The van der Waals surface area contributed by atoms with Gasteiger partial charge >= 0.3 is 29.6 Å². The number of thiazole rings is 1. The number of hydrogen-bond donors (Lipinski definition) is 2. The quantitative estimate of drug-likeness (QED) is 0.118. The second-order valence-electron chi connectivity index (χ2n) is 4.45. The minimum Gasteiger partial charge on any atom is -0.731 e. The van der Waals surface area contributed by atoms with Gasteiger partial charge in [-0.1, -0.05) is 5.16 Å². The van der Waals surface area contributed by atoms with E-state index in [1.807, 2.05) is 0 Å². The summed E-state index contributed by atoms with van der Waals surface area (Å²) in [6.07, 6.45) is 0. The van der Waals surface area contributed by atoms with Gasteiger partial charge in [0.2, 0.25) is 5.72 Å². The Morgan fingerprint density at radius 3 is 2.60 bits per heavy atom. The van der Waals surface area contributed by atoms with E-state index in [0.29, 0.717) is 0 Å². The second kappa shape index (κ2) is 7.94. The van der Waals surface area contributed by atoms with Crippen molar-refractivity contribution in [1.29, 1.82) is 0 Å². The van der Waals surface area contributed by atoms with E-state index in [1.165, 1.54) is 12.5 Å². The molecule has 0 radical (unpaired) electrons. The van der Waals surface area contributed by atoms with Crippen LogP contribution >= 0.6 is 11.3 Å². The maximum absolute atomic E-state index is 12.3. The monoisotopic (exact) mass is 401 g/mol. The zero-order chi connectivity index (χ0) is 18.1. The molecule has 15 heteroatoms. The normalized spacial score (nSPS) is 20.5. The Morgan fingerprint density at radius 1 is 1.56 bits per heavy atom. The van der Waals surface area contributed by atoms with Crippen molar-refractivity contribution in [2.75, 3.05) is 26.5 Å². The molecular formula is C10H12N5NaO7S2. The van der Waals surface area contributed by atoms with Crippen LogP contribution in [-0.2, 0) is 29.5 Å². The Balaban J connectivity index is 0.00000312. The minimum absolute atomic E-state index is 0. The van der Waals surface area contributed by atoms with Crippen molar-refractivity contribution in [3.8, 4) is 0 Å². The average molecular weight is 401 g/mol. The van der Waals surface area contributed by atoms with E-state index in [2.05, 4.69) is 20.3 Å². The van der Waals surface area contributed by atoms with Gasteiger partial charge in [-0.3, -0.25) is 9.59 Å². The third kappa shape index (κ3) is 4.28. The number of β-lactam (4-membered cyclic amide) rings is 1. The second-order valence-corrected chi connectivity index (χ2v) is 6.63. The minimum atomic E-state index is -4.99. The van der Waals surface area contributed by atoms with Crippen LogP contribution in [0.3, 0.4) is 0 Å². The maximum Gasteiger partial charge on any atom is 1.00 e. The molecule has 1 aliphatic rings. The summed E-state index contributed by atoms with van der Waals surface area (Å²) in [5, 5.41) is 7.30. The van der Waals surface area contributed by atoms with E-state index < -0.39 is 34.4 Å². The van der Waals surface area contributed by atoms with Crippen LogP contribution in [0.2, 0.25) is 0 Å².